The van der Waals surface area contributed by atoms with Crippen LogP contribution in [0.3, 0.4) is 0 Å². The number of fused-ring (bicyclic) bond motifs is 1. The zero-order valence-corrected chi connectivity index (χ0v) is 9.78. The number of carboxylic acid groups (broad SMARTS) is 1. The van der Waals surface area contributed by atoms with Crippen LogP contribution in [-0.2, 0) is 4.79 Å². The molecule has 1 aliphatic heterocycles. The van der Waals surface area contributed by atoms with E-state index in [9.17, 15) is 4.79 Å². The van der Waals surface area contributed by atoms with Crippen molar-refractivity contribution in [3.63, 3.8) is 0 Å². The lowest BCUT2D eigenvalue weighted by molar-refractivity contribution is -0.140. The molecule has 0 bridgehead atoms. The predicted octanol–water partition coefficient (Wildman–Crippen LogP) is 0.649. The third kappa shape index (κ3) is 1.84. The molecule has 2 aromatic heterocycles. The van der Waals surface area contributed by atoms with E-state index in [4.69, 9.17) is 5.11 Å². The van der Waals surface area contributed by atoms with Gasteiger partial charge in [0.2, 0.25) is 5.78 Å². The molecule has 0 radical (unpaired) electrons. The third-order valence-corrected chi connectivity index (χ3v) is 3.44. The maximum atomic E-state index is 11.0. The Morgan fingerprint density at radius 2 is 2.39 bits per heavy atom. The minimum Gasteiger partial charge on any atom is -0.480 e. The van der Waals surface area contributed by atoms with Gasteiger partial charge in [0.15, 0.2) is 0 Å². The van der Waals surface area contributed by atoms with E-state index in [1.165, 1.54) is 0 Å². The highest BCUT2D eigenvalue weighted by Gasteiger charge is 2.29. The number of aromatic nitrogens is 3. The maximum Gasteiger partial charge on any atom is 0.320 e. The van der Waals surface area contributed by atoms with Gasteiger partial charge in [0.25, 0.3) is 0 Å². The van der Waals surface area contributed by atoms with E-state index < -0.39 is 12.0 Å². The van der Waals surface area contributed by atoms with E-state index in [0.29, 0.717) is 12.2 Å². The van der Waals surface area contributed by atoms with Crippen LogP contribution in [0.15, 0.2) is 24.7 Å². The average molecular weight is 246 g/mol. The van der Waals surface area contributed by atoms with Crippen molar-refractivity contribution in [1.82, 2.24) is 19.7 Å². The number of nitrogens with zero attached hydrogens (tertiary/aromatic N) is 3. The number of aliphatic carboxylic acids is 1. The molecule has 1 aliphatic rings. The molecule has 0 aromatic carbocycles. The fraction of sp³-hybridized carbons (Fsp3) is 0.417. The summed E-state index contributed by atoms with van der Waals surface area (Å²) in [6.07, 6.45) is 6.94. The van der Waals surface area contributed by atoms with Crippen LogP contribution in [0.5, 0.6) is 0 Å². The molecular formula is C12H14N4O2. The van der Waals surface area contributed by atoms with Crippen molar-refractivity contribution in [2.45, 2.75) is 24.8 Å². The lowest BCUT2D eigenvalue weighted by Crippen LogP contribution is -2.43. The van der Waals surface area contributed by atoms with E-state index in [0.717, 1.165) is 18.7 Å². The Hall–Kier alpha value is -1.95. The van der Waals surface area contributed by atoms with Gasteiger partial charge in [0.1, 0.15) is 6.04 Å². The van der Waals surface area contributed by atoms with E-state index in [1.807, 2.05) is 16.7 Å². The smallest absolute Gasteiger partial charge is 0.320 e. The topological polar surface area (TPSA) is 79.5 Å². The standard InChI is InChI=1S/C12H14N4O2/c17-11(18)9-6-8(2-4-13-9)10-7-15-12-14-3-1-5-16(10)12/h1,3,5,7-9,13H,2,4,6H2,(H,17,18). The Balaban J connectivity index is 1.92. The van der Waals surface area contributed by atoms with Gasteiger partial charge in [-0.2, -0.15) is 0 Å². The normalized spacial score (nSPS) is 24.2. The zero-order valence-electron chi connectivity index (χ0n) is 9.78. The first-order valence-electron chi connectivity index (χ1n) is 6.00. The molecule has 1 fully saturated rings. The SMILES string of the molecule is O=C(O)C1CC(c2cnc3ncccn23)CCN1. The Kier molecular flexibility index (Phi) is 2.71. The lowest BCUT2D eigenvalue weighted by atomic mass is 9.90. The predicted molar refractivity (Wildman–Crippen MR) is 64.4 cm³/mol. The van der Waals surface area contributed by atoms with Crippen molar-refractivity contribution in [3.8, 4) is 0 Å². The minimum atomic E-state index is -0.786. The number of imidazole rings is 1. The number of rotatable bonds is 2. The summed E-state index contributed by atoms with van der Waals surface area (Å²) < 4.78 is 1.94. The molecule has 2 atom stereocenters. The van der Waals surface area contributed by atoms with Gasteiger partial charge in [-0.3, -0.25) is 9.20 Å². The molecule has 0 saturated carbocycles. The van der Waals surface area contributed by atoms with Crippen LogP contribution in [-0.4, -0.2) is 38.0 Å². The van der Waals surface area contributed by atoms with Gasteiger partial charge < -0.3 is 10.4 Å². The van der Waals surface area contributed by atoms with Crippen LogP contribution >= 0.6 is 0 Å². The Morgan fingerprint density at radius 3 is 3.22 bits per heavy atom. The van der Waals surface area contributed by atoms with Crippen LogP contribution in [0.4, 0.5) is 0 Å². The summed E-state index contributed by atoms with van der Waals surface area (Å²) >= 11 is 0. The van der Waals surface area contributed by atoms with Gasteiger partial charge in [0.05, 0.1) is 6.20 Å². The molecule has 6 heteroatoms. The van der Waals surface area contributed by atoms with Crippen LogP contribution in [0.1, 0.15) is 24.5 Å². The largest absolute Gasteiger partial charge is 0.480 e. The molecule has 3 rings (SSSR count). The molecule has 0 amide bonds. The van der Waals surface area contributed by atoms with Crippen LogP contribution in [0.2, 0.25) is 0 Å². The van der Waals surface area contributed by atoms with Gasteiger partial charge in [-0.05, 0) is 25.5 Å². The van der Waals surface area contributed by atoms with Gasteiger partial charge in [0, 0.05) is 24.0 Å². The van der Waals surface area contributed by atoms with Crippen LogP contribution < -0.4 is 5.32 Å². The molecule has 6 nitrogen and oxygen atoms in total. The van der Waals surface area contributed by atoms with E-state index >= 15 is 0 Å². The second kappa shape index (κ2) is 4.38. The first kappa shape index (κ1) is 11.2. The summed E-state index contributed by atoms with van der Waals surface area (Å²) in [5, 5.41) is 12.1. The van der Waals surface area contributed by atoms with Crippen LogP contribution in [0, 0.1) is 0 Å². The summed E-state index contributed by atoms with van der Waals surface area (Å²) in [6.45, 7) is 0.717. The molecule has 1 saturated heterocycles. The summed E-state index contributed by atoms with van der Waals surface area (Å²) in [7, 11) is 0. The third-order valence-electron chi connectivity index (χ3n) is 3.44. The number of hydrogen-bond donors (Lipinski definition) is 2. The molecule has 94 valence electrons. The number of piperidine rings is 1. The second-order valence-electron chi connectivity index (χ2n) is 4.54. The van der Waals surface area contributed by atoms with Crippen molar-refractivity contribution >= 4 is 11.7 Å². The highest BCUT2D eigenvalue weighted by atomic mass is 16.4. The molecule has 2 N–H and O–H groups in total. The lowest BCUT2D eigenvalue weighted by Gasteiger charge is -2.27. The Morgan fingerprint density at radius 1 is 1.50 bits per heavy atom. The Bertz CT molecular complexity index is 580. The van der Waals surface area contributed by atoms with E-state index in [2.05, 4.69) is 15.3 Å². The van der Waals surface area contributed by atoms with Gasteiger partial charge in [-0.15, -0.1) is 0 Å². The molecule has 2 aromatic rings. The fourth-order valence-electron chi connectivity index (χ4n) is 2.52. The zero-order chi connectivity index (χ0) is 12.5. The highest BCUT2D eigenvalue weighted by molar-refractivity contribution is 5.73. The van der Waals surface area contributed by atoms with Gasteiger partial charge in [-0.1, -0.05) is 0 Å². The first-order valence-corrected chi connectivity index (χ1v) is 6.00. The van der Waals surface area contributed by atoms with Crippen LogP contribution in [0.25, 0.3) is 5.78 Å². The van der Waals surface area contributed by atoms with Gasteiger partial charge >= 0.3 is 5.97 Å². The summed E-state index contributed by atoms with van der Waals surface area (Å²) in [6, 6.07) is 1.39. The van der Waals surface area contributed by atoms with Crippen molar-refractivity contribution in [2.24, 2.45) is 0 Å². The Labute approximate surface area is 104 Å². The quantitative estimate of drug-likeness (QED) is 0.813. The number of carboxylic acids is 1. The number of nitrogens with one attached hydrogen (secondary N) is 1. The van der Waals surface area contributed by atoms with Crippen molar-refractivity contribution in [2.75, 3.05) is 6.54 Å². The number of hydrogen-bond acceptors (Lipinski definition) is 4. The molecule has 3 heterocycles. The van der Waals surface area contributed by atoms with Crippen molar-refractivity contribution in [3.05, 3.63) is 30.4 Å². The molecular weight excluding hydrogens is 232 g/mol. The monoisotopic (exact) mass is 246 g/mol. The molecule has 0 spiro atoms. The van der Waals surface area contributed by atoms with E-state index in [1.54, 1.807) is 12.4 Å². The van der Waals surface area contributed by atoms with Crippen molar-refractivity contribution in [1.29, 1.82) is 0 Å². The first-order chi connectivity index (χ1) is 8.75. The highest BCUT2D eigenvalue weighted by Crippen LogP contribution is 2.27. The maximum absolute atomic E-state index is 11.0. The molecule has 0 aliphatic carbocycles. The summed E-state index contributed by atoms with van der Waals surface area (Å²) in [5.74, 6) is 0.0936. The molecule has 18 heavy (non-hydrogen) atoms. The fourth-order valence-corrected chi connectivity index (χ4v) is 2.52. The van der Waals surface area contributed by atoms with E-state index in [-0.39, 0.29) is 5.92 Å². The number of carbonyl (C=O) groups is 1. The van der Waals surface area contributed by atoms with Crippen molar-refractivity contribution < 1.29 is 9.90 Å². The summed E-state index contributed by atoms with van der Waals surface area (Å²) in [5.41, 5.74) is 1.05. The van der Waals surface area contributed by atoms with Gasteiger partial charge in [-0.25, -0.2) is 9.97 Å². The molecule has 2 unspecified atom stereocenters. The minimum absolute atomic E-state index is 0.214. The second-order valence-corrected chi connectivity index (χ2v) is 4.54. The average Bonchev–Trinajstić information content (AvgIpc) is 2.82. The summed E-state index contributed by atoms with van der Waals surface area (Å²) in [4.78, 5) is 19.5.